The van der Waals surface area contributed by atoms with Gasteiger partial charge in [0, 0.05) is 6.54 Å². The van der Waals surface area contributed by atoms with Crippen LogP contribution in [0, 0.1) is 0 Å². The van der Waals surface area contributed by atoms with Gasteiger partial charge in [0.25, 0.3) is 5.91 Å². The summed E-state index contributed by atoms with van der Waals surface area (Å²) in [6, 6.07) is 16.7. The lowest BCUT2D eigenvalue weighted by Gasteiger charge is -2.26. The molecule has 0 bridgehead atoms. The fourth-order valence-corrected chi connectivity index (χ4v) is 2.55. The zero-order valence-corrected chi connectivity index (χ0v) is 15.7. The van der Waals surface area contributed by atoms with Crippen molar-refractivity contribution in [1.82, 2.24) is 10.6 Å². The zero-order valence-electron chi connectivity index (χ0n) is 15.7. The van der Waals surface area contributed by atoms with Gasteiger partial charge in [0.15, 0.2) is 6.61 Å². The molecule has 2 aromatic carbocycles. The Labute approximate surface area is 163 Å². The molecule has 0 fully saturated rings. The van der Waals surface area contributed by atoms with Gasteiger partial charge in [-0.05, 0) is 17.5 Å². The van der Waals surface area contributed by atoms with Crippen LogP contribution in [0.5, 0.6) is 0 Å². The summed E-state index contributed by atoms with van der Waals surface area (Å²) < 4.78 is 5.06. The van der Waals surface area contributed by atoms with Crippen LogP contribution in [0.25, 0.3) is 0 Å². The van der Waals surface area contributed by atoms with Crippen LogP contribution in [-0.2, 0) is 24.7 Å². The third-order valence-corrected chi connectivity index (χ3v) is 4.03. The smallest absolute Gasteiger partial charge is 0.348 e. The van der Waals surface area contributed by atoms with Gasteiger partial charge in [-0.15, -0.1) is 0 Å². The monoisotopic (exact) mass is 384 g/mol. The first-order valence-electron chi connectivity index (χ1n) is 9.02. The van der Waals surface area contributed by atoms with Crippen LogP contribution in [0.15, 0.2) is 60.7 Å². The van der Waals surface area contributed by atoms with Crippen molar-refractivity contribution in [1.29, 1.82) is 0 Å². The molecule has 3 N–H and O–H groups in total. The van der Waals surface area contributed by atoms with E-state index in [0.29, 0.717) is 17.7 Å². The molecule has 0 aromatic heterocycles. The molecule has 0 spiro atoms. The highest BCUT2D eigenvalue weighted by molar-refractivity contribution is 5.89. The Balaban J connectivity index is 2.04. The molecular weight excluding hydrogens is 360 g/mol. The summed E-state index contributed by atoms with van der Waals surface area (Å²) >= 11 is 0. The van der Waals surface area contributed by atoms with Gasteiger partial charge in [0.1, 0.15) is 0 Å². The van der Waals surface area contributed by atoms with Crippen molar-refractivity contribution in [3.8, 4) is 0 Å². The quantitative estimate of drug-likeness (QED) is 0.562. The van der Waals surface area contributed by atoms with E-state index in [1.807, 2.05) is 6.92 Å². The molecule has 7 nitrogen and oxygen atoms in total. The molecule has 2 rings (SSSR count). The number of benzene rings is 2. The maximum atomic E-state index is 12.7. The van der Waals surface area contributed by atoms with Crippen molar-refractivity contribution in [2.24, 2.45) is 0 Å². The van der Waals surface area contributed by atoms with E-state index in [4.69, 9.17) is 4.74 Å². The average Bonchev–Trinajstić information content (AvgIpc) is 2.75. The van der Waals surface area contributed by atoms with Crippen molar-refractivity contribution in [3.63, 3.8) is 0 Å². The molecule has 0 saturated heterocycles. The maximum absolute atomic E-state index is 12.7. The standard InChI is InChI=1S/C21H24N2O5/c1-2-13-22-18(24)14-23-19(25)15-28-20(26)21(27,16-9-5-3-6-10-16)17-11-7-4-8-12-17/h3-12,27H,2,13-15H2,1H3,(H,22,24)(H,23,25). The normalized spacial score (nSPS) is 10.8. The van der Waals surface area contributed by atoms with Crippen LogP contribution < -0.4 is 10.6 Å². The van der Waals surface area contributed by atoms with Crippen LogP contribution in [0.4, 0.5) is 0 Å². The van der Waals surface area contributed by atoms with Crippen molar-refractivity contribution in [2.75, 3.05) is 19.7 Å². The first kappa shape index (κ1) is 21.1. The van der Waals surface area contributed by atoms with Gasteiger partial charge in [0.2, 0.25) is 11.5 Å². The summed E-state index contributed by atoms with van der Waals surface area (Å²) in [5.74, 6) is -1.94. The minimum atomic E-state index is -2.05. The van der Waals surface area contributed by atoms with Gasteiger partial charge in [0.05, 0.1) is 6.54 Å². The largest absolute Gasteiger partial charge is 0.453 e. The van der Waals surface area contributed by atoms with E-state index < -0.39 is 24.1 Å². The molecule has 2 amide bonds. The molecule has 0 saturated carbocycles. The van der Waals surface area contributed by atoms with E-state index in [1.54, 1.807) is 60.7 Å². The number of ether oxygens (including phenoxy) is 1. The third-order valence-electron chi connectivity index (χ3n) is 4.03. The fraction of sp³-hybridized carbons (Fsp3) is 0.286. The Hall–Kier alpha value is -3.19. The number of carbonyl (C=O) groups is 3. The second-order valence-corrected chi connectivity index (χ2v) is 6.15. The molecule has 0 heterocycles. The summed E-state index contributed by atoms with van der Waals surface area (Å²) in [4.78, 5) is 36.1. The fourth-order valence-electron chi connectivity index (χ4n) is 2.55. The second-order valence-electron chi connectivity index (χ2n) is 6.15. The number of nitrogens with one attached hydrogen (secondary N) is 2. The van der Waals surface area contributed by atoms with Gasteiger partial charge in [-0.3, -0.25) is 9.59 Å². The lowest BCUT2D eigenvalue weighted by atomic mass is 9.86. The highest BCUT2D eigenvalue weighted by atomic mass is 16.6. The highest BCUT2D eigenvalue weighted by Crippen LogP contribution is 2.30. The Bertz CT molecular complexity index is 753. The number of aliphatic hydroxyl groups is 1. The van der Waals surface area contributed by atoms with Crippen molar-refractivity contribution in [3.05, 3.63) is 71.8 Å². The average molecular weight is 384 g/mol. The highest BCUT2D eigenvalue weighted by Gasteiger charge is 2.41. The summed E-state index contributed by atoms with van der Waals surface area (Å²) in [6.45, 7) is 1.61. The van der Waals surface area contributed by atoms with Crippen molar-refractivity contribution < 1.29 is 24.2 Å². The van der Waals surface area contributed by atoms with Crippen LogP contribution in [0.3, 0.4) is 0 Å². The number of carbonyl (C=O) groups excluding carboxylic acids is 3. The number of esters is 1. The first-order valence-corrected chi connectivity index (χ1v) is 9.02. The van der Waals surface area contributed by atoms with Crippen LogP contribution in [0.2, 0.25) is 0 Å². The summed E-state index contributed by atoms with van der Waals surface area (Å²) in [7, 11) is 0. The first-order chi connectivity index (χ1) is 13.5. The Morgan fingerprint density at radius 1 is 0.893 bits per heavy atom. The summed E-state index contributed by atoms with van der Waals surface area (Å²) in [6.07, 6.45) is 0.787. The van der Waals surface area contributed by atoms with Crippen molar-refractivity contribution >= 4 is 17.8 Å². The zero-order chi connectivity index (χ0) is 20.4. The van der Waals surface area contributed by atoms with Crippen molar-refractivity contribution in [2.45, 2.75) is 18.9 Å². The molecule has 28 heavy (non-hydrogen) atoms. The molecule has 0 radical (unpaired) electrons. The topological polar surface area (TPSA) is 105 Å². The summed E-state index contributed by atoms with van der Waals surface area (Å²) in [5.41, 5.74) is -1.41. The Kier molecular flexibility index (Phi) is 7.71. The molecule has 2 aromatic rings. The van der Waals surface area contributed by atoms with Crippen LogP contribution >= 0.6 is 0 Å². The molecule has 0 aliphatic rings. The number of hydrogen-bond donors (Lipinski definition) is 3. The SMILES string of the molecule is CCCNC(=O)CNC(=O)COC(=O)C(O)(c1ccccc1)c1ccccc1. The van der Waals surface area contributed by atoms with Gasteiger partial charge >= 0.3 is 5.97 Å². The number of hydrogen-bond acceptors (Lipinski definition) is 5. The molecule has 148 valence electrons. The van der Waals surface area contributed by atoms with Crippen LogP contribution in [0.1, 0.15) is 24.5 Å². The molecular formula is C21H24N2O5. The number of rotatable bonds is 9. The van der Waals surface area contributed by atoms with E-state index in [1.165, 1.54) is 0 Å². The second kappa shape index (κ2) is 10.2. The van der Waals surface area contributed by atoms with E-state index in [0.717, 1.165) is 6.42 Å². The third kappa shape index (κ3) is 5.40. The van der Waals surface area contributed by atoms with E-state index in [9.17, 15) is 19.5 Å². The molecule has 0 atom stereocenters. The number of amides is 2. The van der Waals surface area contributed by atoms with E-state index >= 15 is 0 Å². The minimum Gasteiger partial charge on any atom is -0.453 e. The van der Waals surface area contributed by atoms with Gasteiger partial charge < -0.3 is 20.5 Å². The van der Waals surface area contributed by atoms with Gasteiger partial charge in [-0.2, -0.15) is 0 Å². The van der Waals surface area contributed by atoms with Crippen LogP contribution in [-0.4, -0.2) is 42.6 Å². The molecule has 7 heteroatoms. The Morgan fingerprint density at radius 2 is 1.43 bits per heavy atom. The predicted octanol–water partition coefficient (Wildman–Crippen LogP) is 1.11. The maximum Gasteiger partial charge on any atom is 0.348 e. The lowest BCUT2D eigenvalue weighted by Crippen LogP contribution is -2.42. The van der Waals surface area contributed by atoms with Gasteiger partial charge in [-0.1, -0.05) is 67.6 Å². The van der Waals surface area contributed by atoms with Gasteiger partial charge in [-0.25, -0.2) is 4.79 Å². The molecule has 0 unspecified atom stereocenters. The molecule has 0 aliphatic carbocycles. The predicted molar refractivity (Wildman–Crippen MR) is 103 cm³/mol. The Morgan fingerprint density at radius 3 is 1.93 bits per heavy atom. The minimum absolute atomic E-state index is 0.210. The molecule has 0 aliphatic heterocycles. The lowest BCUT2D eigenvalue weighted by molar-refractivity contribution is -0.164. The van der Waals surface area contributed by atoms with E-state index in [2.05, 4.69) is 10.6 Å². The summed E-state index contributed by atoms with van der Waals surface area (Å²) in [5, 5.41) is 16.2. The van der Waals surface area contributed by atoms with E-state index in [-0.39, 0.29) is 12.5 Å².